The lowest BCUT2D eigenvalue weighted by Crippen LogP contribution is -2.21. The maximum atomic E-state index is 12.1. The Kier molecular flexibility index (Phi) is 4.07. The zero-order valence-electron chi connectivity index (χ0n) is 11.3. The van der Waals surface area contributed by atoms with Gasteiger partial charge in [0.2, 0.25) is 0 Å². The first-order chi connectivity index (χ1) is 10.3. The van der Waals surface area contributed by atoms with Gasteiger partial charge in [0.25, 0.3) is 5.91 Å². The monoisotopic (exact) mass is 294 g/mol. The van der Waals surface area contributed by atoms with Crippen LogP contribution in [-0.4, -0.2) is 10.9 Å². The summed E-state index contributed by atoms with van der Waals surface area (Å²) in [6.45, 7) is 0.491. The maximum absolute atomic E-state index is 12.1. The Morgan fingerprint density at radius 2 is 1.95 bits per heavy atom. The topological polar surface area (TPSA) is 42.0 Å². The molecule has 3 nitrogen and oxygen atoms in total. The van der Waals surface area contributed by atoms with E-state index >= 15 is 0 Å². The number of hydrogen-bond acceptors (Lipinski definition) is 3. The van der Waals surface area contributed by atoms with Crippen LogP contribution in [-0.2, 0) is 6.54 Å². The van der Waals surface area contributed by atoms with Gasteiger partial charge in [0.05, 0.1) is 4.88 Å². The van der Waals surface area contributed by atoms with Gasteiger partial charge in [0, 0.05) is 18.9 Å². The average molecular weight is 294 g/mol. The lowest BCUT2D eigenvalue weighted by atomic mass is 10.1. The number of amides is 1. The molecule has 0 spiro atoms. The van der Waals surface area contributed by atoms with Gasteiger partial charge in [0.15, 0.2) is 0 Å². The van der Waals surface area contributed by atoms with Crippen LogP contribution in [0.4, 0.5) is 0 Å². The molecule has 0 radical (unpaired) electrons. The number of benzene rings is 1. The fourth-order valence-corrected chi connectivity index (χ4v) is 2.84. The van der Waals surface area contributed by atoms with Crippen molar-refractivity contribution in [3.8, 4) is 11.1 Å². The van der Waals surface area contributed by atoms with E-state index in [1.165, 1.54) is 11.3 Å². The van der Waals surface area contributed by atoms with Gasteiger partial charge in [-0.15, -0.1) is 11.3 Å². The van der Waals surface area contributed by atoms with E-state index < -0.39 is 0 Å². The molecule has 1 N–H and O–H groups in total. The van der Waals surface area contributed by atoms with Crippen LogP contribution >= 0.6 is 11.3 Å². The van der Waals surface area contributed by atoms with Crippen LogP contribution in [0, 0.1) is 0 Å². The highest BCUT2D eigenvalue weighted by Gasteiger charge is 2.09. The van der Waals surface area contributed by atoms with Gasteiger partial charge in [0.1, 0.15) is 0 Å². The minimum absolute atomic E-state index is 0.0500. The summed E-state index contributed by atoms with van der Waals surface area (Å²) in [7, 11) is 0. The summed E-state index contributed by atoms with van der Waals surface area (Å²) >= 11 is 1.46. The number of pyridine rings is 1. The largest absolute Gasteiger partial charge is 0.347 e. The number of nitrogens with zero attached hydrogens (tertiary/aromatic N) is 1. The molecule has 0 bridgehead atoms. The minimum Gasteiger partial charge on any atom is -0.347 e. The number of thiophene rings is 1. The molecular weight excluding hydrogens is 280 g/mol. The van der Waals surface area contributed by atoms with Crippen molar-refractivity contribution in [2.75, 3.05) is 0 Å². The van der Waals surface area contributed by atoms with E-state index in [4.69, 9.17) is 0 Å². The second-order valence-electron chi connectivity index (χ2n) is 4.61. The quantitative estimate of drug-likeness (QED) is 0.796. The van der Waals surface area contributed by atoms with E-state index in [1.54, 1.807) is 12.4 Å². The van der Waals surface area contributed by atoms with E-state index in [0.29, 0.717) is 6.54 Å². The number of aromatic nitrogens is 1. The molecule has 0 aliphatic rings. The standard InChI is InChI=1S/C17H14N2OS/c20-17(19-11-13-5-4-8-18-10-13)16-9-15(12-21-16)14-6-2-1-3-7-14/h1-10,12H,11H2,(H,19,20). The van der Waals surface area contributed by atoms with Crippen molar-refractivity contribution in [1.29, 1.82) is 0 Å². The number of rotatable bonds is 4. The van der Waals surface area contributed by atoms with Crippen LogP contribution in [0.5, 0.6) is 0 Å². The first kappa shape index (κ1) is 13.5. The van der Waals surface area contributed by atoms with E-state index in [1.807, 2.05) is 53.9 Å². The van der Waals surface area contributed by atoms with Crippen LogP contribution in [0.2, 0.25) is 0 Å². The Morgan fingerprint density at radius 1 is 1.10 bits per heavy atom. The van der Waals surface area contributed by atoms with Crippen molar-refractivity contribution in [3.05, 3.63) is 76.7 Å². The molecule has 0 unspecified atom stereocenters. The summed E-state index contributed by atoms with van der Waals surface area (Å²) in [5.74, 6) is -0.0500. The van der Waals surface area contributed by atoms with E-state index in [9.17, 15) is 4.79 Å². The molecule has 104 valence electrons. The van der Waals surface area contributed by atoms with Gasteiger partial charge in [-0.25, -0.2) is 0 Å². The van der Waals surface area contributed by atoms with Crippen LogP contribution in [0.15, 0.2) is 66.3 Å². The molecule has 0 saturated carbocycles. The predicted molar refractivity (Wildman–Crippen MR) is 85.2 cm³/mol. The van der Waals surface area contributed by atoms with Crippen LogP contribution in [0.3, 0.4) is 0 Å². The zero-order valence-corrected chi connectivity index (χ0v) is 12.1. The summed E-state index contributed by atoms with van der Waals surface area (Å²) in [6.07, 6.45) is 3.47. The van der Waals surface area contributed by atoms with Crippen LogP contribution in [0.25, 0.3) is 11.1 Å². The lowest BCUT2D eigenvalue weighted by Gasteiger charge is -2.02. The first-order valence-electron chi connectivity index (χ1n) is 6.64. The van der Waals surface area contributed by atoms with Crippen molar-refractivity contribution >= 4 is 17.2 Å². The molecule has 0 aliphatic heterocycles. The van der Waals surface area contributed by atoms with Crippen molar-refractivity contribution in [2.24, 2.45) is 0 Å². The molecule has 2 heterocycles. The average Bonchev–Trinajstić information content (AvgIpc) is 3.04. The van der Waals surface area contributed by atoms with E-state index in [2.05, 4.69) is 10.3 Å². The smallest absolute Gasteiger partial charge is 0.261 e. The van der Waals surface area contributed by atoms with Gasteiger partial charge in [-0.05, 0) is 34.2 Å². The summed E-state index contributed by atoms with van der Waals surface area (Å²) in [5, 5.41) is 4.92. The molecule has 0 fully saturated rings. The Labute approximate surface area is 127 Å². The van der Waals surface area contributed by atoms with Gasteiger partial charge < -0.3 is 5.32 Å². The number of carbonyl (C=O) groups excluding carboxylic acids is 1. The van der Waals surface area contributed by atoms with Gasteiger partial charge in [-0.3, -0.25) is 9.78 Å². The minimum atomic E-state index is -0.0500. The van der Waals surface area contributed by atoms with Gasteiger partial charge >= 0.3 is 0 Å². The van der Waals surface area contributed by atoms with Gasteiger partial charge in [-0.2, -0.15) is 0 Å². The van der Waals surface area contributed by atoms with Crippen LogP contribution in [0.1, 0.15) is 15.2 Å². The second kappa shape index (κ2) is 6.33. The molecule has 1 amide bonds. The Morgan fingerprint density at radius 3 is 2.71 bits per heavy atom. The molecule has 0 saturated heterocycles. The molecule has 4 heteroatoms. The highest BCUT2D eigenvalue weighted by Crippen LogP contribution is 2.25. The third kappa shape index (κ3) is 3.35. The molecule has 0 aliphatic carbocycles. The van der Waals surface area contributed by atoms with E-state index in [-0.39, 0.29) is 5.91 Å². The number of nitrogens with one attached hydrogen (secondary N) is 1. The van der Waals surface area contributed by atoms with Crippen molar-refractivity contribution in [1.82, 2.24) is 10.3 Å². The van der Waals surface area contributed by atoms with Gasteiger partial charge in [-0.1, -0.05) is 36.4 Å². The molecule has 21 heavy (non-hydrogen) atoms. The summed E-state index contributed by atoms with van der Waals surface area (Å²) in [6, 6.07) is 15.8. The highest BCUT2D eigenvalue weighted by atomic mass is 32.1. The fraction of sp³-hybridized carbons (Fsp3) is 0.0588. The van der Waals surface area contributed by atoms with Crippen molar-refractivity contribution in [2.45, 2.75) is 6.54 Å². The first-order valence-corrected chi connectivity index (χ1v) is 7.52. The third-order valence-electron chi connectivity index (χ3n) is 3.11. The van der Waals surface area contributed by atoms with Crippen LogP contribution < -0.4 is 5.32 Å². The van der Waals surface area contributed by atoms with Crippen molar-refractivity contribution < 1.29 is 4.79 Å². The SMILES string of the molecule is O=C(NCc1cccnc1)c1cc(-c2ccccc2)cs1. The highest BCUT2D eigenvalue weighted by molar-refractivity contribution is 7.12. The summed E-state index contributed by atoms with van der Waals surface area (Å²) < 4.78 is 0. The molecule has 1 aromatic carbocycles. The Balaban J connectivity index is 1.67. The molecule has 3 aromatic rings. The molecular formula is C17H14N2OS. The fourth-order valence-electron chi connectivity index (χ4n) is 2.01. The number of hydrogen-bond donors (Lipinski definition) is 1. The second-order valence-corrected chi connectivity index (χ2v) is 5.52. The molecule has 0 atom stereocenters. The summed E-state index contributed by atoms with van der Waals surface area (Å²) in [5.41, 5.74) is 3.19. The molecule has 3 rings (SSSR count). The molecule has 2 aromatic heterocycles. The third-order valence-corrected chi connectivity index (χ3v) is 4.04. The summed E-state index contributed by atoms with van der Waals surface area (Å²) in [4.78, 5) is 16.9. The Hall–Kier alpha value is -2.46. The van der Waals surface area contributed by atoms with E-state index in [0.717, 1.165) is 21.6 Å². The zero-order chi connectivity index (χ0) is 14.5. The predicted octanol–water partition coefficient (Wildman–Crippen LogP) is 3.74. The van der Waals surface area contributed by atoms with Crippen molar-refractivity contribution in [3.63, 3.8) is 0 Å². The lowest BCUT2D eigenvalue weighted by molar-refractivity contribution is 0.0955. The maximum Gasteiger partial charge on any atom is 0.261 e. The normalized spacial score (nSPS) is 10.3. The Bertz CT molecular complexity index is 723. The number of carbonyl (C=O) groups is 1.